The van der Waals surface area contributed by atoms with E-state index in [0.29, 0.717) is 18.3 Å². The second kappa shape index (κ2) is 8.84. The van der Waals surface area contributed by atoms with Gasteiger partial charge in [0.15, 0.2) is 6.61 Å². The van der Waals surface area contributed by atoms with Gasteiger partial charge >= 0.3 is 0 Å². The lowest BCUT2D eigenvalue weighted by molar-refractivity contribution is 0.258. The highest BCUT2D eigenvalue weighted by Gasteiger charge is 2.07. The van der Waals surface area contributed by atoms with E-state index < -0.39 is 0 Å². The molecule has 2 aromatic carbocycles. The summed E-state index contributed by atoms with van der Waals surface area (Å²) in [6.07, 6.45) is 0.863. The summed E-state index contributed by atoms with van der Waals surface area (Å²) in [5, 5.41) is 11.3. The first-order chi connectivity index (χ1) is 12.3. The monoisotopic (exact) mass is 339 g/mol. The van der Waals surface area contributed by atoms with Gasteiger partial charge < -0.3 is 19.2 Å². The molecule has 0 amide bonds. The third-order valence-electron chi connectivity index (χ3n) is 3.65. The van der Waals surface area contributed by atoms with E-state index in [-0.39, 0.29) is 6.61 Å². The zero-order valence-electron chi connectivity index (χ0n) is 14.1. The summed E-state index contributed by atoms with van der Waals surface area (Å²) < 4.78 is 16.5. The molecule has 6 heteroatoms. The molecule has 0 spiro atoms. The Morgan fingerprint density at radius 2 is 1.72 bits per heavy atom. The Labute approximate surface area is 146 Å². The second-order valence-electron chi connectivity index (χ2n) is 5.43. The van der Waals surface area contributed by atoms with Crippen molar-refractivity contribution in [3.63, 3.8) is 0 Å². The Hall–Kier alpha value is -2.86. The van der Waals surface area contributed by atoms with Crippen LogP contribution in [0.1, 0.15) is 17.3 Å². The van der Waals surface area contributed by atoms with Crippen molar-refractivity contribution >= 4 is 0 Å². The predicted octanol–water partition coefficient (Wildman–Crippen LogP) is 2.99. The number of rotatable bonds is 9. The molecule has 0 aliphatic heterocycles. The number of para-hydroxylation sites is 2. The van der Waals surface area contributed by atoms with E-state index >= 15 is 0 Å². The van der Waals surface area contributed by atoms with Crippen LogP contribution in [-0.4, -0.2) is 23.9 Å². The van der Waals surface area contributed by atoms with E-state index in [4.69, 9.17) is 13.9 Å². The van der Waals surface area contributed by atoms with Crippen LogP contribution in [0.25, 0.3) is 0 Å². The number of aromatic nitrogens is 2. The van der Waals surface area contributed by atoms with Gasteiger partial charge in [-0.1, -0.05) is 36.4 Å². The normalized spacial score (nSPS) is 10.6. The molecule has 25 heavy (non-hydrogen) atoms. The van der Waals surface area contributed by atoms with Crippen LogP contribution in [0.4, 0.5) is 0 Å². The lowest BCUT2D eigenvalue weighted by Crippen LogP contribution is -2.17. The molecule has 6 nitrogen and oxygen atoms in total. The quantitative estimate of drug-likeness (QED) is 0.605. The smallest absolute Gasteiger partial charge is 0.253 e. The average Bonchev–Trinajstić information content (AvgIpc) is 3.12. The molecule has 0 saturated heterocycles. The molecule has 1 aromatic heterocycles. The zero-order valence-corrected chi connectivity index (χ0v) is 14.1. The van der Waals surface area contributed by atoms with Crippen LogP contribution in [0.15, 0.2) is 59.0 Å². The Morgan fingerprint density at radius 3 is 2.56 bits per heavy atom. The molecule has 0 bridgehead atoms. The molecule has 0 unspecified atom stereocenters. The predicted molar refractivity (Wildman–Crippen MR) is 93.5 cm³/mol. The Balaban J connectivity index is 1.41. The number of hydrogen-bond donors (Lipinski definition) is 1. The topological polar surface area (TPSA) is 69.4 Å². The highest BCUT2D eigenvalue weighted by Crippen LogP contribution is 2.17. The number of nitrogens with zero attached hydrogens (tertiary/aromatic N) is 2. The van der Waals surface area contributed by atoms with Gasteiger partial charge in [0, 0.05) is 0 Å². The van der Waals surface area contributed by atoms with Crippen LogP contribution in [0.3, 0.4) is 0 Å². The molecule has 1 N–H and O–H groups in total. The van der Waals surface area contributed by atoms with Crippen molar-refractivity contribution in [3.05, 3.63) is 71.9 Å². The lowest BCUT2D eigenvalue weighted by Gasteiger charge is -2.08. The molecule has 0 atom stereocenters. The van der Waals surface area contributed by atoms with Crippen LogP contribution < -0.4 is 14.8 Å². The molecule has 0 aliphatic carbocycles. The first-order valence-electron chi connectivity index (χ1n) is 8.17. The molecule has 0 fully saturated rings. The highest BCUT2D eigenvalue weighted by atomic mass is 16.5. The van der Waals surface area contributed by atoms with Gasteiger partial charge in [-0.3, -0.25) is 0 Å². The third kappa shape index (κ3) is 5.06. The van der Waals surface area contributed by atoms with Crippen LogP contribution in [0, 0.1) is 0 Å². The van der Waals surface area contributed by atoms with Crippen molar-refractivity contribution in [2.75, 3.05) is 13.7 Å². The maximum absolute atomic E-state index is 5.58. The van der Waals surface area contributed by atoms with E-state index in [1.54, 1.807) is 7.11 Å². The molecule has 0 saturated carbocycles. The van der Waals surface area contributed by atoms with Crippen molar-refractivity contribution in [1.82, 2.24) is 15.5 Å². The molecular weight excluding hydrogens is 318 g/mol. The van der Waals surface area contributed by atoms with Gasteiger partial charge in [0.2, 0.25) is 5.89 Å². The fraction of sp³-hybridized carbons (Fsp3) is 0.263. The molecule has 130 valence electrons. The average molecular weight is 339 g/mol. The van der Waals surface area contributed by atoms with Gasteiger partial charge in [0.05, 0.1) is 13.7 Å². The van der Waals surface area contributed by atoms with Crippen molar-refractivity contribution < 1.29 is 13.9 Å². The number of nitrogens with one attached hydrogen (secondary N) is 1. The maximum Gasteiger partial charge on any atom is 0.253 e. The molecule has 1 heterocycles. The molecule has 0 aliphatic rings. The summed E-state index contributed by atoms with van der Waals surface area (Å²) in [6, 6.07) is 17.5. The van der Waals surface area contributed by atoms with Crippen molar-refractivity contribution in [2.24, 2.45) is 0 Å². The summed E-state index contributed by atoms with van der Waals surface area (Å²) in [7, 11) is 1.68. The zero-order chi connectivity index (χ0) is 17.3. The number of benzene rings is 2. The summed E-state index contributed by atoms with van der Waals surface area (Å²) in [5.41, 5.74) is 1.17. The van der Waals surface area contributed by atoms with Gasteiger partial charge in [-0.15, -0.1) is 10.2 Å². The van der Waals surface area contributed by atoms with Gasteiger partial charge in [-0.2, -0.15) is 0 Å². The van der Waals surface area contributed by atoms with Gasteiger partial charge in [-0.25, -0.2) is 0 Å². The lowest BCUT2D eigenvalue weighted by atomic mass is 10.1. The van der Waals surface area contributed by atoms with E-state index in [9.17, 15) is 0 Å². The highest BCUT2D eigenvalue weighted by molar-refractivity contribution is 5.33. The summed E-state index contributed by atoms with van der Waals surface area (Å²) >= 11 is 0. The number of ether oxygens (including phenoxy) is 2. The van der Waals surface area contributed by atoms with Gasteiger partial charge in [-0.05, 0) is 36.7 Å². The molecule has 3 aromatic rings. The van der Waals surface area contributed by atoms with Crippen LogP contribution in [0.5, 0.6) is 11.5 Å². The standard InChI is InChI=1S/C19H21N3O3/c1-23-17-10-6-5-7-15(17)11-12-20-13-18-21-22-19(25-18)14-24-16-8-3-2-4-9-16/h2-10,20H,11-14H2,1H3. The van der Waals surface area contributed by atoms with Crippen molar-refractivity contribution in [3.8, 4) is 11.5 Å². The minimum absolute atomic E-state index is 0.262. The fourth-order valence-corrected chi connectivity index (χ4v) is 2.41. The first-order valence-corrected chi connectivity index (χ1v) is 8.17. The Bertz CT molecular complexity index is 774. The fourth-order valence-electron chi connectivity index (χ4n) is 2.41. The SMILES string of the molecule is COc1ccccc1CCNCc1nnc(COc2ccccc2)o1. The largest absolute Gasteiger partial charge is 0.496 e. The molecule has 3 rings (SSSR count). The molecule has 0 radical (unpaired) electrons. The summed E-state index contributed by atoms with van der Waals surface area (Å²) in [4.78, 5) is 0. The summed E-state index contributed by atoms with van der Waals surface area (Å²) in [6.45, 7) is 1.57. The van der Waals surface area contributed by atoms with Gasteiger partial charge in [0.1, 0.15) is 11.5 Å². The van der Waals surface area contributed by atoms with Gasteiger partial charge in [0.25, 0.3) is 5.89 Å². The van der Waals surface area contributed by atoms with Crippen LogP contribution in [-0.2, 0) is 19.6 Å². The van der Waals surface area contributed by atoms with Crippen molar-refractivity contribution in [1.29, 1.82) is 0 Å². The second-order valence-corrected chi connectivity index (χ2v) is 5.43. The Kier molecular flexibility index (Phi) is 6.01. The Morgan fingerprint density at radius 1 is 0.960 bits per heavy atom. The van der Waals surface area contributed by atoms with E-state index in [2.05, 4.69) is 21.6 Å². The van der Waals surface area contributed by atoms with Crippen LogP contribution in [0.2, 0.25) is 0 Å². The summed E-state index contributed by atoms with van der Waals surface area (Å²) in [5.74, 6) is 2.69. The van der Waals surface area contributed by atoms with E-state index in [0.717, 1.165) is 24.5 Å². The van der Waals surface area contributed by atoms with E-state index in [1.807, 2.05) is 48.5 Å². The third-order valence-corrected chi connectivity index (χ3v) is 3.65. The minimum atomic E-state index is 0.262. The van der Waals surface area contributed by atoms with Crippen LogP contribution >= 0.6 is 0 Å². The maximum atomic E-state index is 5.58. The number of methoxy groups -OCH3 is 1. The minimum Gasteiger partial charge on any atom is -0.496 e. The van der Waals surface area contributed by atoms with E-state index in [1.165, 1.54) is 5.56 Å². The first kappa shape index (κ1) is 17.0. The molecular formula is C19H21N3O3. The number of hydrogen-bond acceptors (Lipinski definition) is 6. The van der Waals surface area contributed by atoms with Crippen molar-refractivity contribution in [2.45, 2.75) is 19.6 Å².